The number of benzene rings is 2. The van der Waals surface area contributed by atoms with Crippen LogP contribution in [-0.4, -0.2) is 50.3 Å². The van der Waals surface area contributed by atoms with Crippen LogP contribution in [0.15, 0.2) is 48.5 Å². The Labute approximate surface area is 173 Å². The maximum Gasteiger partial charge on any atom is 0.254 e. The zero-order chi connectivity index (χ0) is 20.2. The average molecular weight is 395 g/mol. The Hall–Kier alpha value is -2.53. The summed E-state index contributed by atoms with van der Waals surface area (Å²) >= 11 is 0. The molecule has 5 heteroatoms. The SMILES string of the molecule is COc1ccc(CN(C(=O)c2ccc(N3CCOCC3)cc2)C(C)C2CC2)cc1. The minimum absolute atomic E-state index is 0.105. The molecular weight excluding hydrogens is 364 g/mol. The Morgan fingerprint density at radius 1 is 1.10 bits per heavy atom. The van der Waals surface area contributed by atoms with E-state index in [9.17, 15) is 4.79 Å². The fourth-order valence-corrected chi connectivity index (χ4v) is 3.96. The number of carbonyl (C=O) groups is 1. The standard InChI is InChI=1S/C24H30N2O3/c1-18(20-5-6-20)26(17-19-3-11-23(28-2)12-4-19)24(27)21-7-9-22(10-8-21)25-13-15-29-16-14-25/h3-4,7-12,18,20H,5-6,13-17H2,1-2H3. The number of hydrogen-bond acceptors (Lipinski definition) is 4. The van der Waals surface area contributed by atoms with Crippen LogP contribution >= 0.6 is 0 Å². The molecule has 29 heavy (non-hydrogen) atoms. The first kappa shape index (κ1) is 19.8. The first-order chi connectivity index (χ1) is 14.2. The van der Waals surface area contributed by atoms with Crippen molar-refractivity contribution in [1.82, 2.24) is 4.90 Å². The summed E-state index contributed by atoms with van der Waals surface area (Å²) in [6.45, 7) is 6.11. The van der Waals surface area contributed by atoms with Crippen LogP contribution in [-0.2, 0) is 11.3 Å². The fraction of sp³-hybridized carbons (Fsp3) is 0.458. The Morgan fingerprint density at radius 3 is 2.34 bits per heavy atom. The summed E-state index contributed by atoms with van der Waals surface area (Å²) < 4.78 is 10.7. The van der Waals surface area contributed by atoms with Gasteiger partial charge in [0.25, 0.3) is 5.91 Å². The zero-order valence-corrected chi connectivity index (χ0v) is 17.3. The van der Waals surface area contributed by atoms with Gasteiger partial charge in [0, 0.05) is 36.9 Å². The van der Waals surface area contributed by atoms with Crippen LogP contribution in [0.3, 0.4) is 0 Å². The third-order valence-corrected chi connectivity index (χ3v) is 6.06. The maximum atomic E-state index is 13.4. The van der Waals surface area contributed by atoms with Crippen molar-refractivity contribution in [1.29, 1.82) is 0 Å². The van der Waals surface area contributed by atoms with Gasteiger partial charge < -0.3 is 19.3 Å². The molecule has 1 heterocycles. The second-order valence-corrected chi connectivity index (χ2v) is 8.01. The van der Waals surface area contributed by atoms with Crippen LogP contribution in [0.2, 0.25) is 0 Å². The molecule has 5 nitrogen and oxygen atoms in total. The number of hydrogen-bond donors (Lipinski definition) is 0. The second-order valence-electron chi connectivity index (χ2n) is 8.01. The van der Waals surface area contributed by atoms with Crippen molar-refractivity contribution < 1.29 is 14.3 Å². The molecule has 1 unspecified atom stereocenters. The molecule has 2 aromatic rings. The Bertz CT molecular complexity index is 809. The number of ether oxygens (including phenoxy) is 2. The van der Waals surface area contributed by atoms with Gasteiger partial charge in [0.05, 0.1) is 20.3 Å². The zero-order valence-electron chi connectivity index (χ0n) is 17.3. The summed E-state index contributed by atoms with van der Waals surface area (Å²) in [5.41, 5.74) is 3.03. The van der Waals surface area contributed by atoms with E-state index in [-0.39, 0.29) is 11.9 Å². The van der Waals surface area contributed by atoms with Gasteiger partial charge in [0.2, 0.25) is 0 Å². The summed E-state index contributed by atoms with van der Waals surface area (Å²) in [6.07, 6.45) is 2.42. The van der Waals surface area contributed by atoms with Crippen molar-refractivity contribution in [3.63, 3.8) is 0 Å². The highest BCUT2D eigenvalue weighted by Crippen LogP contribution is 2.36. The lowest BCUT2D eigenvalue weighted by molar-refractivity contribution is 0.0654. The predicted molar refractivity (Wildman–Crippen MR) is 115 cm³/mol. The van der Waals surface area contributed by atoms with Crippen molar-refractivity contribution in [2.75, 3.05) is 38.3 Å². The summed E-state index contributed by atoms with van der Waals surface area (Å²) in [5.74, 6) is 1.55. The van der Waals surface area contributed by atoms with Crippen LogP contribution in [0.1, 0.15) is 35.7 Å². The van der Waals surface area contributed by atoms with Gasteiger partial charge in [-0.1, -0.05) is 12.1 Å². The first-order valence-electron chi connectivity index (χ1n) is 10.5. The van der Waals surface area contributed by atoms with E-state index < -0.39 is 0 Å². The van der Waals surface area contributed by atoms with E-state index in [1.54, 1.807) is 7.11 Å². The number of methoxy groups -OCH3 is 1. The maximum absolute atomic E-state index is 13.4. The van der Waals surface area contributed by atoms with Crippen molar-refractivity contribution in [2.45, 2.75) is 32.4 Å². The van der Waals surface area contributed by atoms with Crippen molar-refractivity contribution in [3.8, 4) is 5.75 Å². The number of amides is 1. The van der Waals surface area contributed by atoms with Gasteiger partial charge in [0.1, 0.15) is 5.75 Å². The quantitative estimate of drug-likeness (QED) is 0.713. The molecule has 154 valence electrons. The summed E-state index contributed by atoms with van der Waals surface area (Å²) in [7, 11) is 1.67. The lowest BCUT2D eigenvalue weighted by atomic mass is 10.1. The Morgan fingerprint density at radius 2 is 1.76 bits per heavy atom. The predicted octanol–water partition coefficient (Wildman–Crippen LogP) is 3.97. The third-order valence-electron chi connectivity index (χ3n) is 6.06. The van der Waals surface area contributed by atoms with Gasteiger partial charge in [-0.3, -0.25) is 4.79 Å². The van der Waals surface area contributed by atoms with Gasteiger partial charge in [-0.25, -0.2) is 0 Å². The van der Waals surface area contributed by atoms with Crippen LogP contribution in [0.4, 0.5) is 5.69 Å². The van der Waals surface area contributed by atoms with E-state index in [2.05, 4.69) is 24.0 Å². The van der Waals surface area contributed by atoms with Crippen LogP contribution in [0.25, 0.3) is 0 Å². The normalized spacial score (nSPS) is 17.7. The van der Waals surface area contributed by atoms with Gasteiger partial charge >= 0.3 is 0 Å². The molecule has 0 bridgehead atoms. The molecule has 1 saturated heterocycles. The molecule has 2 aliphatic rings. The summed E-state index contributed by atoms with van der Waals surface area (Å²) in [6, 6.07) is 16.3. The van der Waals surface area contributed by atoms with Gasteiger partial charge in [-0.05, 0) is 67.6 Å². The summed E-state index contributed by atoms with van der Waals surface area (Å²) in [4.78, 5) is 17.7. The molecule has 1 atom stereocenters. The molecule has 1 saturated carbocycles. The third kappa shape index (κ3) is 4.73. The van der Waals surface area contributed by atoms with Gasteiger partial charge in [-0.15, -0.1) is 0 Å². The van der Waals surface area contributed by atoms with E-state index in [4.69, 9.17) is 9.47 Å². The Kier molecular flexibility index (Phi) is 6.05. The number of nitrogens with zero attached hydrogens (tertiary/aromatic N) is 2. The van der Waals surface area contributed by atoms with Gasteiger partial charge in [-0.2, -0.15) is 0 Å². The largest absolute Gasteiger partial charge is 0.497 e. The molecule has 2 aromatic carbocycles. The number of carbonyl (C=O) groups excluding carboxylic acids is 1. The van der Waals surface area contributed by atoms with E-state index >= 15 is 0 Å². The van der Waals surface area contributed by atoms with Crippen LogP contribution in [0.5, 0.6) is 5.75 Å². The Balaban J connectivity index is 1.50. The average Bonchev–Trinajstić information content (AvgIpc) is 3.63. The lowest BCUT2D eigenvalue weighted by Crippen LogP contribution is -2.39. The molecule has 1 amide bonds. The van der Waals surface area contributed by atoms with Gasteiger partial charge in [0.15, 0.2) is 0 Å². The fourth-order valence-electron chi connectivity index (χ4n) is 3.96. The summed E-state index contributed by atoms with van der Waals surface area (Å²) in [5, 5.41) is 0. The lowest BCUT2D eigenvalue weighted by Gasteiger charge is -2.31. The van der Waals surface area contributed by atoms with Crippen molar-refractivity contribution in [3.05, 3.63) is 59.7 Å². The van der Waals surface area contributed by atoms with E-state index in [1.807, 2.05) is 41.3 Å². The molecule has 0 N–H and O–H groups in total. The topological polar surface area (TPSA) is 42.0 Å². The monoisotopic (exact) mass is 394 g/mol. The molecule has 1 aliphatic carbocycles. The highest BCUT2D eigenvalue weighted by atomic mass is 16.5. The van der Waals surface area contributed by atoms with Crippen LogP contribution in [0, 0.1) is 5.92 Å². The number of anilines is 1. The smallest absolute Gasteiger partial charge is 0.254 e. The molecule has 0 radical (unpaired) electrons. The van der Waals surface area contributed by atoms with Crippen molar-refractivity contribution in [2.24, 2.45) is 5.92 Å². The first-order valence-corrected chi connectivity index (χ1v) is 10.5. The second kappa shape index (κ2) is 8.87. The number of rotatable bonds is 7. The molecule has 0 spiro atoms. The molecule has 0 aromatic heterocycles. The van der Waals surface area contributed by atoms with E-state index in [0.29, 0.717) is 12.5 Å². The van der Waals surface area contributed by atoms with Crippen LogP contribution < -0.4 is 9.64 Å². The highest BCUT2D eigenvalue weighted by Gasteiger charge is 2.34. The molecular formula is C24H30N2O3. The number of morpholine rings is 1. The highest BCUT2D eigenvalue weighted by molar-refractivity contribution is 5.94. The molecule has 2 fully saturated rings. The van der Waals surface area contributed by atoms with E-state index in [0.717, 1.165) is 48.9 Å². The minimum atomic E-state index is 0.105. The molecule has 4 rings (SSSR count). The molecule has 1 aliphatic heterocycles. The minimum Gasteiger partial charge on any atom is -0.497 e. The van der Waals surface area contributed by atoms with Crippen molar-refractivity contribution >= 4 is 11.6 Å². The van der Waals surface area contributed by atoms with E-state index in [1.165, 1.54) is 12.8 Å².